The van der Waals surface area contributed by atoms with Gasteiger partial charge in [-0.2, -0.15) is 5.10 Å². The van der Waals surface area contributed by atoms with Crippen LogP contribution in [0.2, 0.25) is 0 Å². The van der Waals surface area contributed by atoms with Crippen LogP contribution in [0.3, 0.4) is 0 Å². The molecule has 0 spiro atoms. The molecular weight excluding hydrogens is 402 g/mol. The number of ether oxygens (including phenoxy) is 1. The Morgan fingerprint density at radius 2 is 1.93 bits per heavy atom. The topological polar surface area (TPSA) is 152 Å². The molecule has 0 aliphatic carbocycles. The molecule has 5 atom stereocenters. The van der Waals surface area contributed by atoms with Gasteiger partial charge in [-0.05, 0) is 12.5 Å². The minimum atomic E-state index is -1.50. The van der Waals surface area contributed by atoms with Crippen LogP contribution in [0.25, 0.3) is 0 Å². The molecule has 2 heterocycles. The first-order chi connectivity index (χ1) is 13.8. The van der Waals surface area contributed by atoms with E-state index in [0.717, 1.165) is 22.2 Å². The molecule has 0 saturated carbocycles. The van der Waals surface area contributed by atoms with Crippen LogP contribution in [0.4, 0.5) is 0 Å². The molecule has 3 rings (SSSR count). The van der Waals surface area contributed by atoms with E-state index in [4.69, 9.17) is 9.84 Å². The van der Waals surface area contributed by atoms with E-state index in [9.17, 15) is 24.9 Å². The second kappa shape index (κ2) is 9.01. The van der Waals surface area contributed by atoms with Crippen molar-refractivity contribution >= 4 is 34.5 Å². The van der Waals surface area contributed by atoms with Crippen molar-refractivity contribution in [3.05, 3.63) is 35.9 Å². The zero-order valence-corrected chi connectivity index (χ0v) is 16.3. The van der Waals surface area contributed by atoms with Gasteiger partial charge in [0.2, 0.25) is 5.91 Å². The van der Waals surface area contributed by atoms with Crippen LogP contribution < -0.4 is 0 Å². The minimum Gasteiger partial charge on any atom is -0.481 e. The normalized spacial score (nSPS) is 31.7. The number of benzene rings is 1. The lowest BCUT2D eigenvalue weighted by atomic mass is 10.1. The number of hydrogen-bond donors (Lipinski definition) is 4. The molecule has 2 aliphatic heterocycles. The van der Waals surface area contributed by atoms with Crippen molar-refractivity contribution in [3.8, 4) is 0 Å². The molecule has 2 aliphatic rings. The standard InChI is InChI=1S/C18H21N3O7S/c1-9(10-5-3-2-4-6-10)19-20-18-21(16(27)12(29-18)7-13(23)24)17-15(26)14(25)11(8-22)28-17/h2-6,11-12,14-15,17,22,25-26H,7-8H2,1H3,(H,23,24)/b19-9+,20-18+/t11-,12?,14-,15-,17-/m1/s1. The second-order valence-corrected chi connectivity index (χ2v) is 7.75. The van der Waals surface area contributed by atoms with Gasteiger partial charge in [-0.3, -0.25) is 14.5 Å². The lowest BCUT2D eigenvalue weighted by Gasteiger charge is -2.25. The van der Waals surface area contributed by atoms with E-state index < -0.39 is 54.7 Å². The molecule has 1 aromatic carbocycles. The molecule has 0 radical (unpaired) electrons. The van der Waals surface area contributed by atoms with Crippen LogP contribution in [-0.2, 0) is 14.3 Å². The Morgan fingerprint density at radius 3 is 2.52 bits per heavy atom. The van der Waals surface area contributed by atoms with Gasteiger partial charge in [0.15, 0.2) is 11.4 Å². The van der Waals surface area contributed by atoms with E-state index in [1.165, 1.54) is 0 Å². The van der Waals surface area contributed by atoms with E-state index in [1.54, 1.807) is 6.92 Å². The van der Waals surface area contributed by atoms with Crippen LogP contribution in [0.5, 0.6) is 0 Å². The Bertz CT molecular complexity index is 832. The van der Waals surface area contributed by atoms with Gasteiger partial charge in [-0.15, -0.1) is 5.10 Å². The maximum Gasteiger partial charge on any atom is 0.305 e. The summed E-state index contributed by atoms with van der Waals surface area (Å²) >= 11 is 0.895. The number of aliphatic carboxylic acids is 1. The van der Waals surface area contributed by atoms with Crippen LogP contribution >= 0.6 is 11.8 Å². The fraction of sp³-hybridized carbons (Fsp3) is 0.444. The van der Waals surface area contributed by atoms with Gasteiger partial charge in [0.05, 0.1) is 18.7 Å². The van der Waals surface area contributed by atoms with Crippen LogP contribution in [-0.4, -0.2) is 84.5 Å². The predicted octanol–water partition coefficient (Wildman–Crippen LogP) is -0.376. The third-order valence-electron chi connectivity index (χ3n) is 4.58. The van der Waals surface area contributed by atoms with Gasteiger partial charge in [0.25, 0.3) is 0 Å². The van der Waals surface area contributed by atoms with Gasteiger partial charge in [0, 0.05) is 0 Å². The molecule has 2 saturated heterocycles. The summed E-state index contributed by atoms with van der Waals surface area (Å²) in [6.07, 6.45) is -5.74. The van der Waals surface area contributed by atoms with Crippen molar-refractivity contribution in [3.63, 3.8) is 0 Å². The zero-order chi connectivity index (χ0) is 21.1. The van der Waals surface area contributed by atoms with Gasteiger partial charge in [-0.1, -0.05) is 42.1 Å². The molecule has 156 valence electrons. The second-order valence-electron chi connectivity index (χ2n) is 6.58. The molecule has 0 aromatic heterocycles. The Morgan fingerprint density at radius 1 is 1.24 bits per heavy atom. The molecule has 1 unspecified atom stereocenters. The van der Waals surface area contributed by atoms with Crippen molar-refractivity contribution < 1.29 is 34.8 Å². The molecule has 1 aromatic rings. The summed E-state index contributed by atoms with van der Waals surface area (Å²) in [6.45, 7) is 1.17. The largest absolute Gasteiger partial charge is 0.481 e. The maximum atomic E-state index is 12.8. The monoisotopic (exact) mass is 423 g/mol. The summed E-state index contributed by atoms with van der Waals surface area (Å²) in [5.41, 5.74) is 1.38. The van der Waals surface area contributed by atoms with Crippen molar-refractivity contribution in [2.45, 2.75) is 43.1 Å². The number of nitrogens with zero attached hydrogens (tertiary/aromatic N) is 3. The average Bonchev–Trinajstić information content (AvgIpc) is 3.16. The molecular formula is C18H21N3O7S. The number of amidine groups is 1. The minimum absolute atomic E-state index is 0.0476. The van der Waals surface area contributed by atoms with Gasteiger partial charge in [0.1, 0.15) is 23.6 Å². The van der Waals surface area contributed by atoms with E-state index >= 15 is 0 Å². The summed E-state index contributed by atoms with van der Waals surface area (Å²) in [7, 11) is 0. The van der Waals surface area contributed by atoms with E-state index in [0.29, 0.717) is 5.71 Å². The first-order valence-electron chi connectivity index (χ1n) is 8.85. The molecule has 1 amide bonds. The zero-order valence-electron chi connectivity index (χ0n) is 15.5. The van der Waals surface area contributed by atoms with Gasteiger partial charge >= 0.3 is 5.97 Å². The third kappa shape index (κ3) is 4.49. The number of carbonyl (C=O) groups excluding carboxylic acids is 1. The van der Waals surface area contributed by atoms with Crippen molar-refractivity contribution in [2.24, 2.45) is 10.2 Å². The molecule has 2 fully saturated rings. The summed E-state index contributed by atoms with van der Waals surface area (Å²) in [4.78, 5) is 24.9. The summed E-state index contributed by atoms with van der Waals surface area (Å²) < 4.78 is 5.43. The average molecular weight is 423 g/mol. The number of hydrogen-bond acceptors (Lipinski definition) is 9. The van der Waals surface area contributed by atoms with Crippen LogP contribution in [0.1, 0.15) is 18.9 Å². The third-order valence-corrected chi connectivity index (χ3v) is 5.72. The lowest BCUT2D eigenvalue weighted by molar-refractivity contribution is -0.144. The van der Waals surface area contributed by atoms with Crippen molar-refractivity contribution in [1.29, 1.82) is 0 Å². The highest BCUT2D eigenvalue weighted by Gasteiger charge is 2.52. The first-order valence-corrected chi connectivity index (χ1v) is 9.73. The summed E-state index contributed by atoms with van der Waals surface area (Å²) in [5, 5.41) is 45.9. The van der Waals surface area contributed by atoms with Crippen LogP contribution in [0.15, 0.2) is 40.5 Å². The molecule has 29 heavy (non-hydrogen) atoms. The van der Waals surface area contributed by atoms with E-state index in [1.807, 2.05) is 30.3 Å². The number of aliphatic hydroxyl groups is 3. The number of carbonyl (C=O) groups is 2. The fourth-order valence-electron chi connectivity index (χ4n) is 3.03. The Balaban J connectivity index is 1.92. The van der Waals surface area contributed by atoms with Gasteiger partial charge < -0.3 is 25.2 Å². The van der Waals surface area contributed by atoms with E-state index in [2.05, 4.69) is 10.2 Å². The number of aliphatic hydroxyl groups excluding tert-OH is 3. The maximum absolute atomic E-state index is 12.8. The summed E-state index contributed by atoms with van der Waals surface area (Å²) in [5.74, 6) is -1.79. The summed E-state index contributed by atoms with van der Waals surface area (Å²) in [6, 6.07) is 9.20. The van der Waals surface area contributed by atoms with Crippen molar-refractivity contribution in [1.82, 2.24) is 4.90 Å². The highest BCUT2D eigenvalue weighted by Crippen LogP contribution is 2.35. The van der Waals surface area contributed by atoms with Gasteiger partial charge in [-0.25, -0.2) is 0 Å². The number of amides is 1. The smallest absolute Gasteiger partial charge is 0.305 e. The van der Waals surface area contributed by atoms with Crippen molar-refractivity contribution in [2.75, 3.05) is 6.61 Å². The first kappa shape index (κ1) is 21.4. The number of carboxylic acids is 1. The molecule has 11 heteroatoms. The molecule has 4 N–H and O–H groups in total. The number of thioether (sulfide) groups is 1. The Kier molecular flexibility index (Phi) is 6.65. The Hall–Kier alpha value is -2.31. The van der Waals surface area contributed by atoms with E-state index in [-0.39, 0.29) is 5.17 Å². The highest BCUT2D eigenvalue weighted by molar-refractivity contribution is 8.15. The molecule has 10 nitrogen and oxygen atoms in total. The number of rotatable bonds is 6. The fourth-order valence-corrected chi connectivity index (χ4v) is 4.12. The molecule has 0 bridgehead atoms. The quantitative estimate of drug-likeness (QED) is 0.357. The Labute approximate surface area is 170 Å². The van der Waals surface area contributed by atoms with Crippen LogP contribution in [0, 0.1) is 0 Å². The lowest BCUT2D eigenvalue weighted by Crippen LogP contribution is -2.48. The SMILES string of the molecule is C/C(=N\N=C1\SC(CC(=O)O)C(=O)N1[C@@H]1O[C@H](CO)[C@@H](O)[C@H]1O)c1ccccc1. The highest BCUT2D eigenvalue weighted by atomic mass is 32.2. The predicted molar refractivity (Wildman–Crippen MR) is 104 cm³/mol. The number of carboxylic acid groups (broad SMARTS) is 1.